The predicted molar refractivity (Wildman–Crippen MR) is 198 cm³/mol. The molecule has 18 heteroatoms. The second kappa shape index (κ2) is 17.3. The largest absolute Gasteiger partial charge is 1.00 e. The number of nitrogens with zero attached hydrogens (tertiary/aromatic N) is 3. The average Bonchev–Trinajstić information content (AvgIpc) is 3.12. The van der Waals surface area contributed by atoms with Gasteiger partial charge in [-0.1, -0.05) is 96.5 Å². The number of halogens is 1. The summed E-state index contributed by atoms with van der Waals surface area (Å²) in [5, 5.41) is 40.4. The molecular formula is C36H25ClCrN5NaO9S+2. The quantitative estimate of drug-likeness (QED) is 0.0548. The molecule has 14 nitrogen and oxygen atoms in total. The second-order valence-electron chi connectivity index (χ2n) is 11.1. The number of anilines is 2. The minimum Gasteiger partial charge on any atom is -0.506 e. The summed E-state index contributed by atoms with van der Waals surface area (Å²) in [5.74, 6) is -1.43. The first-order chi connectivity index (χ1) is 24.8. The van der Waals surface area contributed by atoms with Crippen LogP contribution in [-0.2, 0) is 37.1 Å². The third-order valence-electron chi connectivity index (χ3n) is 7.82. The Morgan fingerprint density at radius 2 is 1.37 bits per heavy atom. The maximum absolute atomic E-state index is 12.5. The molecule has 0 saturated heterocycles. The molecule has 5 N–H and O–H groups in total. The molecule has 0 unspecified atom stereocenters. The number of hydrogen-bond acceptors (Lipinski definition) is 12. The number of fused-ring (bicyclic) bond motifs is 3. The van der Waals surface area contributed by atoms with Gasteiger partial charge in [0.05, 0.1) is 16.7 Å². The number of allylic oxidation sites excluding steroid dienone is 2. The topological polar surface area (TPSA) is 221 Å². The van der Waals surface area contributed by atoms with Crippen LogP contribution >= 0.6 is 11.6 Å². The van der Waals surface area contributed by atoms with Gasteiger partial charge in [-0.15, -0.1) is 0 Å². The predicted octanol–water partition coefficient (Wildman–Crippen LogP) is 3.65. The number of phenols is 2. The summed E-state index contributed by atoms with van der Waals surface area (Å²) in [6.07, 6.45) is 3.92. The van der Waals surface area contributed by atoms with Crippen molar-refractivity contribution >= 4 is 83.5 Å². The van der Waals surface area contributed by atoms with Crippen molar-refractivity contribution < 1.29 is 86.0 Å². The summed E-state index contributed by atoms with van der Waals surface area (Å²) in [4.78, 5) is 34.1. The van der Waals surface area contributed by atoms with Crippen LogP contribution in [0.1, 0.15) is 23.7 Å². The Hall–Kier alpha value is -5.15. The van der Waals surface area contributed by atoms with Gasteiger partial charge in [0.25, 0.3) is 15.8 Å². The van der Waals surface area contributed by atoms with Crippen molar-refractivity contribution in [2.24, 2.45) is 10.2 Å². The molecule has 0 spiro atoms. The molecule has 0 heterocycles. The number of ketones is 2. The number of aromatic hydroxyl groups is 2. The third-order valence-corrected chi connectivity index (χ3v) is 9.02. The molecule has 0 saturated carbocycles. The van der Waals surface area contributed by atoms with Crippen LogP contribution in [0.2, 0.25) is 5.02 Å². The minimum atomic E-state index is -4.57. The molecule has 0 bridgehead atoms. The zero-order chi connectivity index (χ0) is 37.2. The van der Waals surface area contributed by atoms with Crippen LogP contribution in [0.25, 0.3) is 21.8 Å². The van der Waals surface area contributed by atoms with Crippen LogP contribution in [0, 0.1) is 10.1 Å². The maximum Gasteiger partial charge on any atom is 1.00 e. The van der Waals surface area contributed by atoms with Crippen LogP contribution in [-0.4, -0.2) is 51.1 Å². The summed E-state index contributed by atoms with van der Waals surface area (Å²) < 4.78 is 32.7. The van der Waals surface area contributed by atoms with Gasteiger partial charge in [0.2, 0.25) is 11.6 Å². The van der Waals surface area contributed by atoms with Gasteiger partial charge in [-0.2, -0.15) is 18.6 Å². The zero-order valence-electron chi connectivity index (χ0n) is 28.8. The molecule has 266 valence electrons. The van der Waals surface area contributed by atoms with E-state index in [2.05, 4.69) is 21.1 Å². The van der Waals surface area contributed by atoms with Crippen LogP contribution in [0.4, 0.5) is 17.1 Å². The number of hydrogen-bond donors (Lipinski definition) is 5. The number of benzene rings is 5. The number of rotatable bonds is 6. The van der Waals surface area contributed by atoms with E-state index in [1.54, 1.807) is 42.5 Å². The van der Waals surface area contributed by atoms with Crippen LogP contribution in [0.5, 0.6) is 11.5 Å². The summed E-state index contributed by atoms with van der Waals surface area (Å²) >= 11 is 5.81. The second-order valence-corrected chi connectivity index (χ2v) is 12.9. The van der Waals surface area contributed by atoms with E-state index >= 15 is 0 Å². The van der Waals surface area contributed by atoms with Crippen LogP contribution < -0.4 is 40.4 Å². The van der Waals surface area contributed by atoms with Gasteiger partial charge in [0, 0.05) is 45.5 Å². The van der Waals surface area contributed by atoms with E-state index in [-0.39, 0.29) is 93.1 Å². The maximum atomic E-state index is 12.5. The fourth-order valence-corrected chi connectivity index (χ4v) is 6.31. The van der Waals surface area contributed by atoms with Crippen molar-refractivity contribution in [3.05, 3.63) is 147 Å². The van der Waals surface area contributed by atoms with Crippen molar-refractivity contribution in [1.82, 2.24) is 0 Å². The van der Waals surface area contributed by atoms with Gasteiger partial charge >= 0.3 is 31.0 Å². The van der Waals surface area contributed by atoms with E-state index in [4.69, 9.17) is 11.6 Å². The number of hydrazone groups is 2. The van der Waals surface area contributed by atoms with Gasteiger partial charge in [0.15, 0.2) is 0 Å². The number of nitro groups is 1. The molecule has 54 heavy (non-hydrogen) atoms. The third kappa shape index (κ3) is 8.79. The molecular weight excluding hydrogens is 789 g/mol. The van der Waals surface area contributed by atoms with E-state index in [0.717, 1.165) is 23.1 Å². The summed E-state index contributed by atoms with van der Waals surface area (Å²) in [6, 6.07) is 26.1. The van der Waals surface area contributed by atoms with Crippen molar-refractivity contribution in [2.45, 2.75) is 0 Å². The number of nitro benzene ring substituents is 1. The van der Waals surface area contributed by atoms with Gasteiger partial charge in [0.1, 0.15) is 38.5 Å². The van der Waals surface area contributed by atoms with Crippen molar-refractivity contribution in [3.8, 4) is 11.5 Å². The van der Waals surface area contributed by atoms with E-state index < -0.39 is 37.2 Å². The van der Waals surface area contributed by atoms with Gasteiger partial charge in [-0.05, 0) is 29.2 Å². The minimum absolute atomic E-state index is 0. The Labute approximate surface area is 346 Å². The molecule has 7 rings (SSSR count). The fraction of sp³-hybridized carbons (Fsp3) is 0. The average molecular weight is 814 g/mol. The van der Waals surface area contributed by atoms with E-state index in [1.807, 2.05) is 30.3 Å². The number of nitrogens with one attached hydrogen (secondary N) is 2. The Morgan fingerprint density at radius 3 is 2.07 bits per heavy atom. The Bertz CT molecular complexity index is 2590. The molecule has 0 aliphatic heterocycles. The normalized spacial score (nSPS) is 14.4. The standard InChI is InChI=1S/C20H14N2O5S.C16H10ClN3O4.Cr.Na/c23-16-10-9-12-5-1-2-6-13(12)19(16)21-22-20-15-8-4-3-7-14(15)18(11-17(20)24)28(25,26)27;17-11-7-12(15(22)8-13(11)20(23)24)18-19-16-10-4-2-1-3-9(10)5-6-14(16)21;;/h1-11,21,23H,(H,25,26,27);1-8,18,22H;;/q;;;+1/p+1/b22-20-;19-16-;;. The molecule has 0 radical (unpaired) electrons. The van der Waals surface area contributed by atoms with Crippen LogP contribution in [0.15, 0.2) is 119 Å². The summed E-state index contributed by atoms with van der Waals surface area (Å²) in [6.45, 7) is 0. The Morgan fingerprint density at radius 1 is 0.759 bits per heavy atom. The van der Waals surface area contributed by atoms with E-state index in [0.29, 0.717) is 16.6 Å². The molecule has 2 aliphatic rings. The molecule has 0 aromatic heterocycles. The van der Waals surface area contributed by atoms with E-state index in [9.17, 15) is 42.9 Å². The Balaban J connectivity index is 0.000000283. The summed E-state index contributed by atoms with van der Waals surface area (Å²) in [5.41, 5.74) is 7.26. The molecule has 2 aliphatic carbocycles. The molecule has 0 atom stereocenters. The first-order valence-electron chi connectivity index (χ1n) is 15.0. The Kier molecular flexibility index (Phi) is 13.4. The van der Waals surface area contributed by atoms with Crippen molar-refractivity contribution in [2.75, 3.05) is 10.9 Å². The number of phenolic OH excluding ortho intramolecular Hbond substituents is 2. The monoisotopic (exact) mass is 813 g/mol. The first-order valence-corrected chi connectivity index (χ1v) is 16.9. The molecule has 0 fully saturated rings. The SMILES string of the molecule is O=C1C=C(S(=O)(=O)O)c2ccccc2/C1=N/Nc1c(O)ccc2ccccc12.O=C1C=Cc2ccccc2/C1=N/Nc1cc(Cl)c([N+](=O)[O-])cc1O.[Cr].[H+].[Na+]. The van der Waals surface area contributed by atoms with Gasteiger partial charge < -0.3 is 10.2 Å². The van der Waals surface area contributed by atoms with Gasteiger partial charge in [-0.3, -0.25) is 35.1 Å². The smallest absolute Gasteiger partial charge is 0.506 e. The van der Waals surface area contributed by atoms with Crippen LogP contribution in [0.3, 0.4) is 0 Å². The van der Waals surface area contributed by atoms with Gasteiger partial charge in [-0.25, -0.2) is 0 Å². The van der Waals surface area contributed by atoms with Crippen molar-refractivity contribution in [3.63, 3.8) is 0 Å². The first kappa shape index (κ1) is 41.6. The molecule has 0 amide bonds. The van der Waals surface area contributed by atoms with E-state index in [1.165, 1.54) is 30.3 Å². The summed E-state index contributed by atoms with van der Waals surface area (Å²) in [7, 11) is -4.57. The zero-order valence-corrected chi connectivity index (χ0v) is 32.6. The number of carbonyl (C=O) groups is 2. The fourth-order valence-electron chi connectivity index (χ4n) is 5.37. The molecule has 5 aromatic rings. The van der Waals surface area contributed by atoms with Crippen molar-refractivity contribution in [1.29, 1.82) is 0 Å². The number of carbonyl (C=O) groups excluding carboxylic acids is 2. The molecule has 5 aromatic carbocycles.